The van der Waals surface area contributed by atoms with Crippen LogP contribution in [0.4, 0.5) is 5.13 Å². The van der Waals surface area contributed by atoms with E-state index in [0.29, 0.717) is 17.3 Å². The molecule has 2 fully saturated rings. The minimum absolute atomic E-state index is 0.165. The number of imide groups is 1. The number of rotatable bonds is 13. The zero-order chi connectivity index (χ0) is 22.9. The molecule has 1 aliphatic heterocycles. The summed E-state index contributed by atoms with van der Waals surface area (Å²) in [4.78, 5) is 40.5. The lowest BCUT2D eigenvalue weighted by atomic mass is 9.81. The highest BCUT2D eigenvalue weighted by Gasteiger charge is 2.51. The molecule has 3 unspecified atom stereocenters. The van der Waals surface area contributed by atoms with Crippen molar-refractivity contribution in [3.63, 3.8) is 0 Å². The van der Waals surface area contributed by atoms with E-state index in [1.165, 1.54) is 48.3 Å². The Balaban J connectivity index is 1.59. The molecule has 7 nitrogen and oxygen atoms in total. The van der Waals surface area contributed by atoms with Gasteiger partial charge in [0.25, 0.3) is 0 Å². The van der Waals surface area contributed by atoms with Gasteiger partial charge in [0.05, 0.1) is 11.8 Å². The van der Waals surface area contributed by atoms with Crippen LogP contribution in [0.25, 0.3) is 0 Å². The van der Waals surface area contributed by atoms with Crippen molar-refractivity contribution in [3.05, 3.63) is 5.01 Å². The summed E-state index contributed by atoms with van der Waals surface area (Å²) in [6.45, 7) is 2.21. The van der Waals surface area contributed by atoms with Gasteiger partial charge in [-0.1, -0.05) is 63.2 Å². The van der Waals surface area contributed by atoms with E-state index in [1.54, 1.807) is 11.8 Å². The van der Waals surface area contributed by atoms with Crippen molar-refractivity contribution in [3.8, 4) is 0 Å². The lowest BCUT2D eigenvalue weighted by molar-refractivity contribution is -0.146. The SMILES string of the molecule is CCCCCCCCc1nnc(NC(=O)C(CCSC)N2C(=O)C3CCCCC3C2=O)s1. The highest BCUT2D eigenvalue weighted by molar-refractivity contribution is 7.98. The summed E-state index contributed by atoms with van der Waals surface area (Å²) in [5.41, 5.74) is 0. The highest BCUT2D eigenvalue weighted by atomic mass is 32.2. The van der Waals surface area contributed by atoms with Gasteiger partial charge in [0.15, 0.2) is 0 Å². The van der Waals surface area contributed by atoms with Crippen molar-refractivity contribution in [1.29, 1.82) is 0 Å². The van der Waals surface area contributed by atoms with E-state index in [-0.39, 0.29) is 29.6 Å². The van der Waals surface area contributed by atoms with Gasteiger partial charge in [-0.15, -0.1) is 10.2 Å². The van der Waals surface area contributed by atoms with Crippen molar-refractivity contribution >= 4 is 46.0 Å². The molecular weight excluding hydrogens is 444 g/mol. The van der Waals surface area contributed by atoms with Gasteiger partial charge in [0.1, 0.15) is 11.0 Å². The zero-order valence-corrected chi connectivity index (χ0v) is 20.9. The second-order valence-electron chi connectivity index (χ2n) is 8.85. The maximum atomic E-state index is 13.1. The van der Waals surface area contributed by atoms with Gasteiger partial charge >= 0.3 is 0 Å². The number of unbranched alkanes of at least 4 members (excludes halogenated alkanes) is 5. The van der Waals surface area contributed by atoms with Gasteiger partial charge in [-0.25, -0.2) is 0 Å². The van der Waals surface area contributed by atoms with E-state index in [1.807, 2.05) is 6.26 Å². The Morgan fingerprint density at radius 1 is 1.09 bits per heavy atom. The molecule has 0 spiro atoms. The molecule has 1 N–H and O–H groups in total. The normalized spacial score (nSPS) is 21.6. The summed E-state index contributed by atoms with van der Waals surface area (Å²) in [6, 6.07) is -0.779. The maximum Gasteiger partial charge on any atom is 0.249 e. The molecule has 178 valence electrons. The van der Waals surface area contributed by atoms with Gasteiger partial charge < -0.3 is 0 Å². The monoisotopic (exact) mass is 480 g/mol. The number of carbonyl (C=O) groups excluding carboxylic acids is 3. The molecule has 1 aliphatic carbocycles. The molecule has 3 rings (SSSR count). The fourth-order valence-electron chi connectivity index (χ4n) is 4.75. The molecule has 9 heteroatoms. The van der Waals surface area contributed by atoms with Gasteiger partial charge in [-0.2, -0.15) is 11.8 Å². The Bertz CT molecular complexity index is 761. The smallest absolute Gasteiger partial charge is 0.249 e. The number of amides is 3. The van der Waals surface area contributed by atoms with E-state index in [2.05, 4.69) is 22.4 Å². The molecule has 32 heavy (non-hydrogen) atoms. The van der Waals surface area contributed by atoms with Gasteiger partial charge in [0, 0.05) is 6.42 Å². The molecule has 2 aliphatic rings. The molecular formula is C23H36N4O3S2. The number of aromatic nitrogens is 2. The van der Waals surface area contributed by atoms with Crippen molar-refractivity contribution < 1.29 is 14.4 Å². The predicted molar refractivity (Wildman–Crippen MR) is 130 cm³/mol. The quantitative estimate of drug-likeness (QED) is 0.326. The standard InChI is InChI=1S/C23H36N4O3S2/c1-3-4-5-6-7-8-13-19-25-26-23(32-19)24-20(28)18(14-15-31-2)27-21(29)16-11-9-10-12-17(16)22(27)30/h16-18H,3-15H2,1-2H3,(H,24,26,28). The third kappa shape index (κ3) is 6.31. The van der Waals surface area contributed by atoms with E-state index < -0.39 is 6.04 Å². The van der Waals surface area contributed by atoms with Crippen LogP contribution < -0.4 is 5.32 Å². The molecule has 3 atom stereocenters. The van der Waals surface area contributed by atoms with Crippen LogP contribution >= 0.6 is 23.1 Å². The second-order valence-corrected chi connectivity index (χ2v) is 10.9. The van der Waals surface area contributed by atoms with Crippen LogP contribution in [0.3, 0.4) is 0 Å². The number of likely N-dealkylation sites (tertiary alicyclic amines) is 1. The maximum absolute atomic E-state index is 13.1. The summed E-state index contributed by atoms with van der Waals surface area (Å²) < 4.78 is 0. The number of aryl methyl sites for hydroxylation is 1. The zero-order valence-electron chi connectivity index (χ0n) is 19.3. The second kappa shape index (κ2) is 12.7. The average Bonchev–Trinajstić information content (AvgIpc) is 3.34. The Morgan fingerprint density at radius 2 is 1.75 bits per heavy atom. The lowest BCUT2D eigenvalue weighted by Crippen LogP contribution is -2.48. The summed E-state index contributed by atoms with van der Waals surface area (Å²) in [6.07, 6.45) is 14.0. The highest BCUT2D eigenvalue weighted by Crippen LogP contribution is 2.39. The molecule has 0 radical (unpaired) electrons. The van der Waals surface area contributed by atoms with Crippen LogP contribution in [0.1, 0.15) is 82.6 Å². The van der Waals surface area contributed by atoms with E-state index >= 15 is 0 Å². The summed E-state index contributed by atoms with van der Waals surface area (Å²) >= 11 is 2.99. The molecule has 0 bridgehead atoms. The minimum Gasteiger partial charge on any atom is -0.299 e. The van der Waals surface area contributed by atoms with Crippen molar-refractivity contribution in [2.75, 3.05) is 17.3 Å². The van der Waals surface area contributed by atoms with Crippen LogP contribution in [-0.2, 0) is 20.8 Å². The first-order valence-corrected chi connectivity index (χ1v) is 14.3. The van der Waals surface area contributed by atoms with Crippen LogP contribution in [0.5, 0.6) is 0 Å². The number of thioether (sulfide) groups is 1. The van der Waals surface area contributed by atoms with Crippen molar-refractivity contribution in [1.82, 2.24) is 15.1 Å². The number of nitrogens with zero attached hydrogens (tertiary/aromatic N) is 3. The molecule has 1 aromatic heterocycles. The van der Waals surface area contributed by atoms with Crippen molar-refractivity contribution in [2.24, 2.45) is 11.8 Å². The predicted octanol–water partition coefficient (Wildman–Crippen LogP) is 4.68. The van der Waals surface area contributed by atoms with Crippen molar-refractivity contribution in [2.45, 2.75) is 90.0 Å². The first-order chi connectivity index (χ1) is 15.6. The van der Waals surface area contributed by atoms with E-state index in [0.717, 1.165) is 43.5 Å². The van der Waals surface area contributed by atoms with Gasteiger partial charge in [-0.05, 0) is 37.7 Å². The third-order valence-electron chi connectivity index (χ3n) is 6.53. The van der Waals surface area contributed by atoms with Crippen LogP contribution in [0.15, 0.2) is 0 Å². The Hall–Kier alpha value is -1.48. The van der Waals surface area contributed by atoms with Crippen LogP contribution in [0.2, 0.25) is 0 Å². The number of fused-ring (bicyclic) bond motifs is 1. The Morgan fingerprint density at radius 3 is 2.41 bits per heavy atom. The molecule has 0 aromatic carbocycles. The largest absolute Gasteiger partial charge is 0.299 e. The number of hydrogen-bond donors (Lipinski definition) is 1. The summed E-state index contributed by atoms with van der Waals surface area (Å²) in [7, 11) is 0. The average molecular weight is 481 g/mol. The summed E-state index contributed by atoms with van der Waals surface area (Å²) in [5.74, 6) is -0.452. The first-order valence-electron chi connectivity index (χ1n) is 12.1. The van der Waals surface area contributed by atoms with Crippen LogP contribution in [-0.4, -0.2) is 50.9 Å². The number of hydrogen-bond acceptors (Lipinski definition) is 7. The molecule has 2 heterocycles. The number of anilines is 1. The van der Waals surface area contributed by atoms with Gasteiger partial charge in [0.2, 0.25) is 22.9 Å². The van der Waals surface area contributed by atoms with Crippen LogP contribution in [0, 0.1) is 11.8 Å². The topological polar surface area (TPSA) is 92.3 Å². The third-order valence-corrected chi connectivity index (χ3v) is 8.07. The molecule has 1 saturated carbocycles. The number of nitrogens with one attached hydrogen (secondary N) is 1. The first kappa shape index (κ1) is 25.1. The minimum atomic E-state index is -0.779. The lowest BCUT2D eigenvalue weighted by Gasteiger charge is -2.25. The van der Waals surface area contributed by atoms with Gasteiger partial charge in [-0.3, -0.25) is 24.6 Å². The fraction of sp³-hybridized carbons (Fsp3) is 0.783. The molecule has 3 amide bonds. The number of carbonyl (C=O) groups is 3. The van der Waals surface area contributed by atoms with E-state index in [4.69, 9.17) is 0 Å². The fourth-order valence-corrected chi connectivity index (χ4v) is 6.00. The molecule has 1 saturated heterocycles. The summed E-state index contributed by atoms with van der Waals surface area (Å²) in [5, 5.41) is 12.5. The van der Waals surface area contributed by atoms with E-state index in [9.17, 15) is 14.4 Å². The Labute approximate surface area is 199 Å². The Kier molecular flexibility index (Phi) is 9.96. The molecule has 1 aromatic rings.